The molecule has 1 N–H and O–H groups in total. The largest absolute Gasteiger partial charge is 0.396 e. The van der Waals surface area contributed by atoms with E-state index in [4.69, 9.17) is 9.47 Å². The summed E-state index contributed by atoms with van der Waals surface area (Å²) in [6.07, 6.45) is 5.75. The van der Waals surface area contributed by atoms with Crippen molar-refractivity contribution >= 4 is 5.91 Å². The number of piperidine rings is 1. The van der Waals surface area contributed by atoms with Gasteiger partial charge in [0.1, 0.15) is 0 Å². The van der Waals surface area contributed by atoms with Crippen LogP contribution in [-0.4, -0.2) is 53.6 Å². The van der Waals surface area contributed by atoms with Gasteiger partial charge in [-0.2, -0.15) is 0 Å². The fourth-order valence-corrected chi connectivity index (χ4v) is 5.36. The zero-order chi connectivity index (χ0) is 13.8. The fourth-order valence-electron chi connectivity index (χ4n) is 5.36. The van der Waals surface area contributed by atoms with Crippen LogP contribution in [0.5, 0.6) is 0 Å². The second-order valence-electron chi connectivity index (χ2n) is 6.68. The molecular formula is C15H23NO4. The topological polar surface area (TPSA) is 59.0 Å². The summed E-state index contributed by atoms with van der Waals surface area (Å²) in [4.78, 5) is 14.5. The van der Waals surface area contributed by atoms with E-state index in [9.17, 15) is 9.90 Å². The quantitative estimate of drug-likeness (QED) is 0.776. The Morgan fingerprint density at radius 3 is 2.80 bits per heavy atom. The highest BCUT2D eigenvalue weighted by Gasteiger charge is 2.66. The standard InChI is InChI=1S/C15H23NO4/c17-10-12-14-4-2-1-3-11(14)9-13(18)16(14)6-5-15(12)19-7-8-20-15/h11-12,17H,1-10H2/t11-,12?,14-/m0/s1. The van der Waals surface area contributed by atoms with Crippen molar-refractivity contribution in [3.63, 3.8) is 0 Å². The number of aliphatic hydroxyl groups is 1. The van der Waals surface area contributed by atoms with Gasteiger partial charge in [0.2, 0.25) is 5.91 Å². The summed E-state index contributed by atoms with van der Waals surface area (Å²) in [5, 5.41) is 10.1. The van der Waals surface area contributed by atoms with E-state index in [1.54, 1.807) is 0 Å². The SMILES string of the molecule is O=C1C[C@@H]2CCCC[C@@]23C(CO)C2(CCN13)OCCO2. The molecule has 112 valence electrons. The molecule has 0 bridgehead atoms. The highest BCUT2D eigenvalue weighted by Crippen LogP contribution is 2.57. The number of aliphatic hydroxyl groups excluding tert-OH is 1. The van der Waals surface area contributed by atoms with Crippen LogP contribution < -0.4 is 0 Å². The first-order valence-electron chi connectivity index (χ1n) is 7.92. The average molecular weight is 281 g/mol. The van der Waals surface area contributed by atoms with Gasteiger partial charge in [-0.15, -0.1) is 0 Å². The molecule has 5 nitrogen and oxygen atoms in total. The number of carbonyl (C=O) groups excluding carboxylic acids is 1. The van der Waals surface area contributed by atoms with Crippen LogP contribution in [0.15, 0.2) is 0 Å². The Hall–Kier alpha value is -0.650. The highest BCUT2D eigenvalue weighted by atomic mass is 16.7. The number of hydrogen-bond donors (Lipinski definition) is 1. The van der Waals surface area contributed by atoms with Crippen LogP contribution in [0.25, 0.3) is 0 Å². The van der Waals surface area contributed by atoms with Crippen LogP contribution in [0, 0.1) is 11.8 Å². The summed E-state index contributed by atoms with van der Waals surface area (Å²) < 4.78 is 11.9. The molecule has 4 rings (SSSR count). The fraction of sp³-hybridized carbons (Fsp3) is 0.933. The molecule has 20 heavy (non-hydrogen) atoms. The van der Waals surface area contributed by atoms with Gasteiger partial charge in [0.05, 0.1) is 31.3 Å². The number of hydrogen-bond acceptors (Lipinski definition) is 4. The smallest absolute Gasteiger partial charge is 0.223 e. The van der Waals surface area contributed by atoms with E-state index in [1.165, 1.54) is 6.42 Å². The van der Waals surface area contributed by atoms with Gasteiger partial charge in [-0.05, 0) is 18.8 Å². The van der Waals surface area contributed by atoms with Crippen molar-refractivity contribution in [3.05, 3.63) is 0 Å². The van der Waals surface area contributed by atoms with Gasteiger partial charge in [0.25, 0.3) is 0 Å². The summed E-state index contributed by atoms with van der Waals surface area (Å²) in [5.41, 5.74) is -0.216. The average Bonchev–Trinajstić information content (AvgIpc) is 3.01. The van der Waals surface area contributed by atoms with Crippen LogP contribution in [0.1, 0.15) is 38.5 Å². The van der Waals surface area contributed by atoms with Gasteiger partial charge >= 0.3 is 0 Å². The Labute approximate surface area is 119 Å². The van der Waals surface area contributed by atoms with Crippen molar-refractivity contribution in [3.8, 4) is 0 Å². The molecule has 0 aromatic heterocycles. The molecular weight excluding hydrogens is 258 g/mol. The third kappa shape index (κ3) is 1.46. The molecule has 4 fully saturated rings. The summed E-state index contributed by atoms with van der Waals surface area (Å²) in [6.45, 7) is 1.96. The molecule has 3 heterocycles. The van der Waals surface area contributed by atoms with E-state index in [0.717, 1.165) is 19.3 Å². The predicted octanol–water partition coefficient (Wildman–Crippen LogP) is 0.903. The zero-order valence-electron chi connectivity index (χ0n) is 11.8. The Morgan fingerprint density at radius 2 is 2.05 bits per heavy atom. The van der Waals surface area contributed by atoms with Crippen LogP contribution >= 0.6 is 0 Å². The van der Waals surface area contributed by atoms with Crippen LogP contribution in [0.3, 0.4) is 0 Å². The van der Waals surface area contributed by atoms with E-state index in [0.29, 0.717) is 38.5 Å². The number of carbonyl (C=O) groups is 1. The molecule has 2 spiro atoms. The first-order chi connectivity index (χ1) is 9.73. The van der Waals surface area contributed by atoms with Gasteiger partial charge in [-0.25, -0.2) is 0 Å². The van der Waals surface area contributed by atoms with Crippen molar-refractivity contribution in [2.75, 3.05) is 26.4 Å². The first kappa shape index (κ1) is 13.0. The number of ether oxygens (including phenoxy) is 2. The highest BCUT2D eigenvalue weighted by molar-refractivity contribution is 5.81. The molecule has 3 atom stereocenters. The van der Waals surface area contributed by atoms with E-state index in [2.05, 4.69) is 4.90 Å². The molecule has 1 amide bonds. The molecule has 5 heteroatoms. The van der Waals surface area contributed by atoms with Crippen molar-refractivity contribution in [1.82, 2.24) is 4.90 Å². The molecule has 3 saturated heterocycles. The summed E-state index contributed by atoms with van der Waals surface area (Å²) in [7, 11) is 0. The third-order valence-corrected chi connectivity index (χ3v) is 6.09. The van der Waals surface area contributed by atoms with Crippen LogP contribution in [-0.2, 0) is 14.3 Å². The summed E-state index contributed by atoms with van der Waals surface area (Å²) in [6, 6.07) is 0. The van der Waals surface area contributed by atoms with Gasteiger partial charge in [-0.3, -0.25) is 4.79 Å². The molecule has 0 aromatic carbocycles. The van der Waals surface area contributed by atoms with Crippen LogP contribution in [0.4, 0.5) is 0 Å². The van der Waals surface area contributed by atoms with Crippen molar-refractivity contribution in [1.29, 1.82) is 0 Å². The molecule has 1 aliphatic carbocycles. The van der Waals surface area contributed by atoms with Crippen molar-refractivity contribution in [2.45, 2.75) is 49.9 Å². The normalized spacial score (nSPS) is 42.9. The van der Waals surface area contributed by atoms with Gasteiger partial charge < -0.3 is 19.5 Å². The summed E-state index contributed by atoms with van der Waals surface area (Å²) >= 11 is 0. The Kier molecular flexibility index (Phi) is 2.88. The molecule has 4 aliphatic rings. The maximum atomic E-state index is 12.4. The lowest BCUT2D eigenvalue weighted by Gasteiger charge is -2.57. The van der Waals surface area contributed by atoms with E-state index in [-0.39, 0.29) is 24.0 Å². The first-order valence-corrected chi connectivity index (χ1v) is 7.92. The second-order valence-corrected chi connectivity index (χ2v) is 6.68. The minimum Gasteiger partial charge on any atom is -0.396 e. The third-order valence-electron chi connectivity index (χ3n) is 6.09. The number of nitrogens with zero attached hydrogens (tertiary/aromatic N) is 1. The Morgan fingerprint density at radius 1 is 1.25 bits per heavy atom. The van der Waals surface area contributed by atoms with Gasteiger partial charge in [-0.1, -0.05) is 12.8 Å². The van der Waals surface area contributed by atoms with Gasteiger partial charge in [0.15, 0.2) is 5.79 Å². The lowest BCUT2D eigenvalue weighted by atomic mass is 9.62. The maximum absolute atomic E-state index is 12.4. The maximum Gasteiger partial charge on any atom is 0.223 e. The number of amides is 1. The molecule has 0 radical (unpaired) electrons. The molecule has 0 aromatic rings. The lowest BCUT2D eigenvalue weighted by molar-refractivity contribution is -0.266. The second kappa shape index (κ2) is 4.42. The van der Waals surface area contributed by atoms with Crippen LogP contribution in [0.2, 0.25) is 0 Å². The molecule has 1 unspecified atom stereocenters. The van der Waals surface area contributed by atoms with Crippen molar-refractivity contribution in [2.24, 2.45) is 11.8 Å². The van der Waals surface area contributed by atoms with Gasteiger partial charge in [0, 0.05) is 19.4 Å². The minimum atomic E-state index is -0.647. The monoisotopic (exact) mass is 281 g/mol. The Balaban J connectivity index is 1.78. The lowest BCUT2D eigenvalue weighted by Crippen LogP contribution is -2.68. The molecule has 3 aliphatic heterocycles. The molecule has 1 saturated carbocycles. The van der Waals surface area contributed by atoms with E-state index < -0.39 is 5.79 Å². The number of rotatable bonds is 1. The van der Waals surface area contributed by atoms with Crippen molar-refractivity contribution < 1.29 is 19.4 Å². The zero-order valence-corrected chi connectivity index (χ0v) is 11.8. The van der Waals surface area contributed by atoms with E-state index >= 15 is 0 Å². The predicted molar refractivity (Wildman–Crippen MR) is 70.8 cm³/mol. The summed E-state index contributed by atoms with van der Waals surface area (Å²) in [5.74, 6) is -0.108. The minimum absolute atomic E-state index is 0.0419. The Bertz CT molecular complexity index is 420. The van der Waals surface area contributed by atoms with E-state index in [1.807, 2.05) is 0 Å².